The molecule has 0 saturated heterocycles. The Balaban J connectivity index is 1.66. The van der Waals surface area contributed by atoms with Gasteiger partial charge in [0.25, 0.3) is 0 Å². The van der Waals surface area contributed by atoms with Crippen LogP contribution in [0, 0.1) is 12.1 Å². The molecule has 0 bridgehead atoms. The van der Waals surface area contributed by atoms with Crippen LogP contribution in [0.2, 0.25) is 0 Å². The van der Waals surface area contributed by atoms with Crippen LogP contribution in [0.5, 0.6) is 5.75 Å². The van der Waals surface area contributed by atoms with Crippen molar-refractivity contribution in [3.8, 4) is 5.75 Å². The van der Waals surface area contributed by atoms with Gasteiger partial charge in [-0.15, -0.1) is 0 Å². The summed E-state index contributed by atoms with van der Waals surface area (Å²) in [7, 11) is 0. The third-order valence-electron chi connectivity index (χ3n) is 5.52. The number of aromatic nitrogens is 1. The molecule has 4 rings (SSSR count). The molecule has 0 aliphatic heterocycles. The fourth-order valence-electron chi connectivity index (χ4n) is 3.52. The van der Waals surface area contributed by atoms with Crippen LogP contribution in [-0.4, -0.2) is 17.9 Å². The van der Waals surface area contributed by atoms with Crippen LogP contribution in [0.15, 0.2) is 97.2 Å². The standard InChI is InChI=1S/C29H23NO7/c1-20-26(37-29(33)23-15-9-4-10-16-23)25(19-36-28(32)22-13-7-3-8-14-22)24(17-30(20)34)18-35-27(31)21-11-5-2-6-12-21/h2-17H,18-19H2,1H3. The molecule has 0 fully saturated rings. The Kier molecular flexibility index (Phi) is 7.90. The van der Waals surface area contributed by atoms with Crippen LogP contribution in [-0.2, 0) is 22.7 Å². The van der Waals surface area contributed by atoms with E-state index in [1.54, 1.807) is 91.0 Å². The first kappa shape index (κ1) is 25.1. The second kappa shape index (κ2) is 11.6. The monoisotopic (exact) mass is 497 g/mol. The maximum atomic E-state index is 12.8. The van der Waals surface area contributed by atoms with Crippen molar-refractivity contribution in [1.29, 1.82) is 0 Å². The second-order valence-electron chi connectivity index (χ2n) is 8.01. The molecule has 3 aromatic carbocycles. The van der Waals surface area contributed by atoms with Gasteiger partial charge in [-0.25, -0.2) is 14.4 Å². The molecular weight excluding hydrogens is 474 g/mol. The summed E-state index contributed by atoms with van der Waals surface area (Å²) >= 11 is 0. The van der Waals surface area contributed by atoms with Gasteiger partial charge in [0.05, 0.1) is 27.8 Å². The summed E-state index contributed by atoms with van der Waals surface area (Å²) < 4.78 is 17.0. The third kappa shape index (κ3) is 6.18. The van der Waals surface area contributed by atoms with Gasteiger partial charge >= 0.3 is 17.9 Å². The first-order chi connectivity index (χ1) is 17.9. The zero-order valence-electron chi connectivity index (χ0n) is 20.0. The van der Waals surface area contributed by atoms with Gasteiger partial charge in [0.1, 0.15) is 13.2 Å². The number of rotatable bonds is 8. The molecule has 37 heavy (non-hydrogen) atoms. The minimum absolute atomic E-state index is 0.0713. The van der Waals surface area contributed by atoms with Crippen LogP contribution < -0.4 is 9.47 Å². The van der Waals surface area contributed by atoms with Crippen molar-refractivity contribution < 1.29 is 33.3 Å². The van der Waals surface area contributed by atoms with E-state index in [0.29, 0.717) is 15.9 Å². The lowest BCUT2D eigenvalue weighted by atomic mass is 10.1. The van der Waals surface area contributed by atoms with E-state index < -0.39 is 17.9 Å². The van der Waals surface area contributed by atoms with Crippen LogP contribution in [0.3, 0.4) is 0 Å². The predicted octanol–water partition coefficient (Wildman–Crippen LogP) is 4.56. The number of carbonyl (C=O) groups excluding carboxylic acids is 3. The molecule has 0 N–H and O–H groups in total. The molecule has 0 aliphatic carbocycles. The van der Waals surface area contributed by atoms with Gasteiger partial charge in [0.2, 0.25) is 11.4 Å². The molecule has 8 nitrogen and oxygen atoms in total. The third-order valence-corrected chi connectivity index (χ3v) is 5.52. The summed E-state index contributed by atoms with van der Waals surface area (Å²) in [6.45, 7) is 0.832. The number of hydrogen-bond acceptors (Lipinski definition) is 7. The Morgan fingerprint density at radius 1 is 0.676 bits per heavy atom. The van der Waals surface area contributed by atoms with E-state index in [1.807, 2.05) is 0 Å². The Bertz CT molecular complexity index is 1400. The Hall–Kier alpha value is -4.98. The topological polar surface area (TPSA) is 106 Å². The zero-order valence-corrected chi connectivity index (χ0v) is 20.0. The minimum atomic E-state index is -0.697. The molecule has 4 aromatic rings. The van der Waals surface area contributed by atoms with Crippen molar-refractivity contribution in [3.05, 3.63) is 136 Å². The summed E-state index contributed by atoms with van der Waals surface area (Å²) in [5.41, 5.74) is 1.47. The smallest absolute Gasteiger partial charge is 0.343 e. The van der Waals surface area contributed by atoms with Crippen LogP contribution >= 0.6 is 0 Å². The number of hydrogen-bond donors (Lipinski definition) is 0. The maximum absolute atomic E-state index is 12.8. The Morgan fingerprint density at radius 3 is 1.59 bits per heavy atom. The number of esters is 3. The van der Waals surface area contributed by atoms with Gasteiger partial charge < -0.3 is 19.4 Å². The zero-order chi connectivity index (χ0) is 26.2. The Labute approximate surface area is 213 Å². The predicted molar refractivity (Wildman–Crippen MR) is 133 cm³/mol. The number of ether oxygens (including phenoxy) is 3. The van der Waals surface area contributed by atoms with Gasteiger partial charge in [-0.2, -0.15) is 4.73 Å². The highest BCUT2D eigenvalue weighted by atomic mass is 16.6. The first-order valence-electron chi connectivity index (χ1n) is 11.4. The van der Waals surface area contributed by atoms with Crippen LogP contribution in [0.25, 0.3) is 0 Å². The molecule has 0 amide bonds. The van der Waals surface area contributed by atoms with Crippen LogP contribution in [0.4, 0.5) is 0 Å². The highest BCUT2D eigenvalue weighted by Gasteiger charge is 2.26. The largest absolute Gasteiger partial charge is 0.618 e. The van der Waals surface area contributed by atoms with Crippen molar-refractivity contribution in [2.75, 3.05) is 0 Å². The highest BCUT2D eigenvalue weighted by molar-refractivity contribution is 5.91. The highest BCUT2D eigenvalue weighted by Crippen LogP contribution is 2.28. The molecule has 0 saturated carbocycles. The van der Waals surface area contributed by atoms with Gasteiger partial charge in [-0.3, -0.25) is 0 Å². The summed E-state index contributed by atoms with van der Waals surface area (Å²) in [5.74, 6) is -1.98. The molecule has 0 aliphatic rings. The second-order valence-corrected chi connectivity index (χ2v) is 8.01. The fourth-order valence-corrected chi connectivity index (χ4v) is 3.52. The van der Waals surface area contributed by atoms with E-state index in [0.717, 1.165) is 0 Å². The minimum Gasteiger partial charge on any atom is -0.618 e. The van der Waals surface area contributed by atoms with Crippen LogP contribution in [0.1, 0.15) is 47.9 Å². The number of carbonyl (C=O) groups is 3. The fraction of sp³-hybridized carbons (Fsp3) is 0.103. The van der Waals surface area contributed by atoms with E-state index in [9.17, 15) is 19.6 Å². The van der Waals surface area contributed by atoms with Crippen molar-refractivity contribution >= 4 is 17.9 Å². The van der Waals surface area contributed by atoms with Gasteiger partial charge in [-0.05, 0) is 36.4 Å². The molecule has 0 spiro atoms. The molecule has 0 radical (unpaired) electrons. The molecule has 1 aromatic heterocycles. The lowest BCUT2D eigenvalue weighted by Gasteiger charge is -2.17. The number of pyridine rings is 1. The molecule has 186 valence electrons. The molecule has 8 heteroatoms. The van der Waals surface area contributed by atoms with E-state index in [2.05, 4.69) is 0 Å². The summed E-state index contributed by atoms with van der Waals surface area (Å²) in [4.78, 5) is 37.9. The van der Waals surface area contributed by atoms with Crippen molar-refractivity contribution in [2.24, 2.45) is 0 Å². The van der Waals surface area contributed by atoms with Crippen molar-refractivity contribution in [1.82, 2.24) is 0 Å². The molecule has 0 unspecified atom stereocenters. The van der Waals surface area contributed by atoms with E-state index in [1.165, 1.54) is 13.1 Å². The van der Waals surface area contributed by atoms with E-state index >= 15 is 0 Å². The first-order valence-corrected chi connectivity index (χ1v) is 11.4. The summed E-state index contributed by atoms with van der Waals surface area (Å²) in [5, 5.41) is 12.7. The van der Waals surface area contributed by atoms with E-state index in [4.69, 9.17) is 14.2 Å². The van der Waals surface area contributed by atoms with Crippen molar-refractivity contribution in [2.45, 2.75) is 20.1 Å². The van der Waals surface area contributed by atoms with Gasteiger partial charge in [0, 0.05) is 6.92 Å². The Morgan fingerprint density at radius 2 is 1.11 bits per heavy atom. The average Bonchev–Trinajstić information content (AvgIpc) is 2.95. The van der Waals surface area contributed by atoms with E-state index in [-0.39, 0.29) is 41.3 Å². The van der Waals surface area contributed by atoms with Crippen molar-refractivity contribution in [3.63, 3.8) is 0 Å². The van der Waals surface area contributed by atoms with Gasteiger partial charge in [-0.1, -0.05) is 54.6 Å². The molecule has 0 atom stereocenters. The lowest BCUT2D eigenvalue weighted by molar-refractivity contribution is -0.613. The number of nitrogens with zero attached hydrogens (tertiary/aromatic N) is 1. The quantitative estimate of drug-likeness (QED) is 0.200. The SMILES string of the molecule is Cc1c(OC(=O)c2ccccc2)c(COC(=O)c2ccccc2)c(COC(=O)c2ccccc2)c[n+]1[O-]. The lowest BCUT2D eigenvalue weighted by Crippen LogP contribution is -2.33. The summed E-state index contributed by atoms with van der Waals surface area (Å²) in [6, 6.07) is 25.0. The molecule has 1 heterocycles. The normalized spacial score (nSPS) is 10.4. The number of benzene rings is 3. The maximum Gasteiger partial charge on any atom is 0.343 e. The molecular formula is C29H23NO7. The average molecular weight is 498 g/mol. The van der Waals surface area contributed by atoms with Gasteiger partial charge in [0.15, 0.2) is 6.20 Å². The summed E-state index contributed by atoms with van der Waals surface area (Å²) in [6.07, 6.45) is 1.21.